The molecule has 0 aromatic rings. The molecule has 5 aliphatic rings. The van der Waals surface area contributed by atoms with E-state index in [0.29, 0.717) is 46.7 Å². The molecule has 0 fully saturated rings. The molecule has 0 N–H and O–H groups in total. The van der Waals surface area contributed by atoms with Crippen LogP contribution in [0.5, 0.6) is 0 Å². The van der Waals surface area contributed by atoms with Gasteiger partial charge in [0.2, 0.25) is 0 Å². The fourth-order valence-electron chi connectivity index (χ4n) is 2.33. The predicted molar refractivity (Wildman–Crippen MR) is 106 cm³/mol. The molecule has 0 atom stereocenters. The molecule has 0 saturated heterocycles. The molecule has 5 aliphatic heterocycles. The molecule has 9 heteroatoms. The van der Waals surface area contributed by atoms with Crippen molar-refractivity contribution in [1.82, 2.24) is 0 Å². The second kappa shape index (κ2) is 6.11. The summed E-state index contributed by atoms with van der Waals surface area (Å²) in [5, 5.41) is 0. The molecule has 8 bridgehead atoms. The van der Waals surface area contributed by atoms with E-state index >= 15 is 0 Å². The van der Waals surface area contributed by atoms with Gasteiger partial charge in [0.05, 0.1) is 0 Å². The normalized spacial score (nSPS) is 30.1. The summed E-state index contributed by atoms with van der Waals surface area (Å²) in [5.41, 5.74) is 0. The fourth-order valence-corrected chi connectivity index (χ4v) is 2.33. The summed E-state index contributed by atoms with van der Waals surface area (Å²) in [6, 6.07) is 0. The first kappa shape index (κ1) is 15.5. The standard InChI is InChI=1S/C16H8N8.Ga.3H/c1-2-10-17-9(1)21-11-3-4-13(18-11)23-15-7-8-16(20-15)24-14-6-5-12(19-14)22-10;;;;/h1-8H;;;;/b21-9-,21-11?,22-10?,22-12-,23-13-,23-15?,24-14?,24-16-;;;;. The zero-order chi connectivity index (χ0) is 15.9. The van der Waals surface area contributed by atoms with Gasteiger partial charge >= 0.3 is 19.8 Å². The van der Waals surface area contributed by atoms with Crippen molar-refractivity contribution in [3.8, 4) is 0 Å². The molecular weight excluding hydrogens is 374 g/mol. The van der Waals surface area contributed by atoms with Crippen LogP contribution in [0.25, 0.3) is 0 Å². The maximum atomic E-state index is 4.37. The fraction of sp³-hybridized carbons (Fsp3) is 0. The van der Waals surface area contributed by atoms with Gasteiger partial charge in [-0.25, -0.2) is 39.9 Å². The Balaban J connectivity index is 0.00000157. The van der Waals surface area contributed by atoms with Gasteiger partial charge in [-0.1, -0.05) is 0 Å². The summed E-state index contributed by atoms with van der Waals surface area (Å²) in [5.74, 6) is 4.30. The second-order valence-electron chi connectivity index (χ2n) is 5.09. The van der Waals surface area contributed by atoms with Crippen molar-refractivity contribution in [3.63, 3.8) is 0 Å². The van der Waals surface area contributed by atoms with Gasteiger partial charge in [-0.2, -0.15) is 0 Å². The van der Waals surface area contributed by atoms with Crippen LogP contribution in [0.4, 0.5) is 0 Å². The molecule has 0 aliphatic carbocycles. The van der Waals surface area contributed by atoms with E-state index in [0.717, 1.165) is 0 Å². The van der Waals surface area contributed by atoms with Gasteiger partial charge in [0, 0.05) is 0 Å². The van der Waals surface area contributed by atoms with Gasteiger partial charge < -0.3 is 0 Å². The van der Waals surface area contributed by atoms with Crippen LogP contribution in [0.2, 0.25) is 0 Å². The summed E-state index contributed by atoms with van der Waals surface area (Å²) >= 11 is 0. The zero-order valence-corrected chi connectivity index (χ0v) is 12.2. The van der Waals surface area contributed by atoms with Crippen molar-refractivity contribution in [2.24, 2.45) is 39.9 Å². The Morgan fingerprint density at radius 3 is 0.520 bits per heavy atom. The Bertz CT molecular complexity index is 854. The summed E-state index contributed by atoms with van der Waals surface area (Å²) < 4.78 is 0. The number of nitrogens with zero attached hydrogens (tertiary/aromatic N) is 8. The van der Waals surface area contributed by atoms with Crippen LogP contribution in [0.3, 0.4) is 0 Å². The molecule has 5 rings (SSSR count). The first-order valence-corrected chi connectivity index (χ1v) is 7.22. The molecular formula is C16H11GaN8. The van der Waals surface area contributed by atoms with E-state index in [1.54, 1.807) is 48.6 Å². The number of hydrogen-bond acceptors (Lipinski definition) is 8. The Morgan fingerprint density at radius 2 is 0.400 bits per heavy atom. The number of amidine groups is 8. The second-order valence-corrected chi connectivity index (χ2v) is 5.09. The van der Waals surface area contributed by atoms with Gasteiger partial charge in [-0.15, -0.1) is 0 Å². The van der Waals surface area contributed by atoms with E-state index in [-0.39, 0.29) is 19.8 Å². The summed E-state index contributed by atoms with van der Waals surface area (Å²) in [4.78, 5) is 34.8. The van der Waals surface area contributed by atoms with Crippen LogP contribution in [0.1, 0.15) is 0 Å². The molecule has 0 amide bonds. The van der Waals surface area contributed by atoms with E-state index in [4.69, 9.17) is 0 Å². The molecule has 0 radical (unpaired) electrons. The van der Waals surface area contributed by atoms with E-state index in [9.17, 15) is 0 Å². The third-order valence-corrected chi connectivity index (χ3v) is 3.36. The molecule has 8 nitrogen and oxygen atoms in total. The number of fused-ring (bicyclic) bond motifs is 4. The van der Waals surface area contributed by atoms with Gasteiger partial charge in [-0.3, -0.25) is 0 Å². The topological polar surface area (TPSA) is 98.9 Å². The maximum absolute atomic E-state index is 4.37. The zero-order valence-electron chi connectivity index (χ0n) is 12.2. The third kappa shape index (κ3) is 3.14. The van der Waals surface area contributed by atoms with Gasteiger partial charge in [-0.05, 0) is 48.6 Å². The Kier molecular flexibility index (Phi) is 3.78. The Morgan fingerprint density at radius 1 is 0.280 bits per heavy atom. The molecule has 0 aromatic carbocycles. The summed E-state index contributed by atoms with van der Waals surface area (Å²) in [6.07, 6.45) is 14.2. The van der Waals surface area contributed by atoms with Crippen molar-refractivity contribution in [3.05, 3.63) is 48.6 Å². The number of hydrogen-bond donors (Lipinski definition) is 0. The molecule has 5 heterocycles. The van der Waals surface area contributed by atoms with E-state index < -0.39 is 0 Å². The predicted octanol–water partition coefficient (Wildman–Crippen LogP) is 0.283. The van der Waals surface area contributed by atoms with E-state index in [2.05, 4.69) is 39.9 Å². The van der Waals surface area contributed by atoms with Crippen LogP contribution >= 0.6 is 0 Å². The summed E-state index contributed by atoms with van der Waals surface area (Å²) in [7, 11) is 0. The molecule has 0 unspecified atom stereocenters. The molecule has 0 spiro atoms. The van der Waals surface area contributed by atoms with Gasteiger partial charge in [0.15, 0.2) is 46.7 Å². The van der Waals surface area contributed by atoms with Crippen LogP contribution in [0, 0.1) is 0 Å². The first-order chi connectivity index (χ1) is 11.8. The summed E-state index contributed by atoms with van der Waals surface area (Å²) in [6.45, 7) is 0. The van der Waals surface area contributed by atoms with Crippen molar-refractivity contribution in [2.45, 2.75) is 0 Å². The Labute approximate surface area is 155 Å². The van der Waals surface area contributed by atoms with Crippen LogP contribution in [0.15, 0.2) is 88.5 Å². The molecule has 0 saturated carbocycles. The minimum absolute atomic E-state index is 0. The average Bonchev–Trinajstić information content (AvgIpc) is 3.32. The van der Waals surface area contributed by atoms with Crippen LogP contribution < -0.4 is 0 Å². The third-order valence-electron chi connectivity index (χ3n) is 3.36. The first-order valence-electron chi connectivity index (χ1n) is 7.22. The molecule has 25 heavy (non-hydrogen) atoms. The Hall–Kier alpha value is -3.04. The SMILES string of the molecule is C1=C/C2=N/C3=NC(=N\C4=NC(=N\C5=NC(=N\C1=N2)/C=C5)/C=C4)/C=C3.[GaH3]. The number of aliphatic imine (C=N–C) groups is 8. The molecule has 118 valence electrons. The quantitative estimate of drug-likeness (QED) is 0.536. The van der Waals surface area contributed by atoms with Gasteiger partial charge in [0.1, 0.15) is 0 Å². The van der Waals surface area contributed by atoms with Crippen molar-refractivity contribution in [2.75, 3.05) is 0 Å². The van der Waals surface area contributed by atoms with Crippen molar-refractivity contribution < 1.29 is 0 Å². The van der Waals surface area contributed by atoms with E-state index in [1.165, 1.54) is 0 Å². The van der Waals surface area contributed by atoms with Crippen molar-refractivity contribution >= 4 is 66.5 Å². The monoisotopic (exact) mass is 384 g/mol. The van der Waals surface area contributed by atoms with E-state index in [1.807, 2.05) is 0 Å². The minimum atomic E-state index is 0. The number of rotatable bonds is 0. The van der Waals surface area contributed by atoms with Crippen molar-refractivity contribution in [1.29, 1.82) is 0 Å². The molecule has 0 aromatic heterocycles. The van der Waals surface area contributed by atoms with Crippen LogP contribution in [-0.2, 0) is 0 Å². The average molecular weight is 385 g/mol. The van der Waals surface area contributed by atoms with Crippen LogP contribution in [-0.4, -0.2) is 66.5 Å². The van der Waals surface area contributed by atoms with Gasteiger partial charge in [0.25, 0.3) is 0 Å².